The van der Waals surface area contributed by atoms with Gasteiger partial charge in [0.25, 0.3) is 11.8 Å². The van der Waals surface area contributed by atoms with Crippen molar-refractivity contribution in [2.75, 3.05) is 19.8 Å². The van der Waals surface area contributed by atoms with E-state index < -0.39 is 17.6 Å². The maximum Gasteiger partial charge on any atom is 0.276 e. The topological polar surface area (TPSA) is 85.9 Å². The number of halogens is 1. The highest BCUT2D eigenvalue weighted by atomic mass is 19.1. The smallest absolute Gasteiger partial charge is 0.276 e. The molecule has 0 fully saturated rings. The fourth-order valence-electron chi connectivity index (χ4n) is 2.12. The summed E-state index contributed by atoms with van der Waals surface area (Å²) in [5.41, 5.74) is 4.78. The lowest BCUT2D eigenvalue weighted by atomic mass is 10.2. The molecule has 0 radical (unpaired) electrons. The zero-order chi connectivity index (χ0) is 17.6. The number of amides is 2. The monoisotopic (exact) mass is 346 g/mol. The summed E-state index contributed by atoms with van der Waals surface area (Å²) in [6.45, 7) is 0.497. The number of carbonyl (C=O) groups is 2. The normalized spacial score (nSPS) is 12.2. The van der Waals surface area contributed by atoms with Crippen LogP contribution in [0.5, 0.6) is 17.2 Å². The standard InChI is InChI=1S/C17H15FN2O5/c18-12-2-1-3-13(9-12)25-10-16(21)19-20-17(22)11-4-5-14-15(8-11)24-7-6-23-14/h1-5,8-9H,6-7,10H2,(H,19,21)(H,20,22). The van der Waals surface area contributed by atoms with Crippen LogP contribution in [-0.4, -0.2) is 31.6 Å². The lowest BCUT2D eigenvalue weighted by Crippen LogP contribution is -2.43. The van der Waals surface area contributed by atoms with E-state index in [4.69, 9.17) is 14.2 Å². The van der Waals surface area contributed by atoms with E-state index in [-0.39, 0.29) is 12.4 Å². The van der Waals surface area contributed by atoms with Gasteiger partial charge in [-0.3, -0.25) is 20.4 Å². The van der Waals surface area contributed by atoms with Crippen molar-refractivity contribution < 1.29 is 28.2 Å². The van der Waals surface area contributed by atoms with Crippen molar-refractivity contribution in [3.63, 3.8) is 0 Å². The molecule has 0 atom stereocenters. The van der Waals surface area contributed by atoms with Crippen LogP contribution in [0.2, 0.25) is 0 Å². The minimum absolute atomic E-state index is 0.216. The number of hydrogen-bond donors (Lipinski definition) is 2. The Balaban J connectivity index is 1.49. The van der Waals surface area contributed by atoms with E-state index in [1.54, 1.807) is 12.1 Å². The van der Waals surface area contributed by atoms with Crippen LogP contribution in [0.3, 0.4) is 0 Å². The third-order valence-corrected chi connectivity index (χ3v) is 3.29. The summed E-state index contributed by atoms with van der Waals surface area (Å²) in [6, 6.07) is 10.1. The Hall–Kier alpha value is -3.29. The van der Waals surface area contributed by atoms with Crippen LogP contribution in [0.25, 0.3) is 0 Å². The van der Waals surface area contributed by atoms with Crippen molar-refractivity contribution in [2.24, 2.45) is 0 Å². The molecule has 7 nitrogen and oxygen atoms in total. The van der Waals surface area contributed by atoms with Crippen molar-refractivity contribution in [3.8, 4) is 17.2 Å². The summed E-state index contributed by atoms with van der Waals surface area (Å²) in [5.74, 6) is -0.320. The third kappa shape index (κ3) is 4.37. The Morgan fingerprint density at radius 3 is 2.64 bits per heavy atom. The highest BCUT2D eigenvalue weighted by Crippen LogP contribution is 2.30. The Morgan fingerprint density at radius 1 is 1.04 bits per heavy atom. The number of carbonyl (C=O) groups excluding carboxylic acids is 2. The molecular weight excluding hydrogens is 331 g/mol. The first-order valence-corrected chi connectivity index (χ1v) is 7.49. The second-order valence-corrected chi connectivity index (χ2v) is 5.11. The average molecular weight is 346 g/mol. The second kappa shape index (κ2) is 7.52. The van der Waals surface area contributed by atoms with Crippen molar-refractivity contribution >= 4 is 11.8 Å². The highest BCUT2D eigenvalue weighted by molar-refractivity contribution is 5.96. The Morgan fingerprint density at radius 2 is 1.84 bits per heavy atom. The number of nitrogens with one attached hydrogen (secondary N) is 2. The van der Waals surface area contributed by atoms with E-state index in [9.17, 15) is 14.0 Å². The summed E-state index contributed by atoms with van der Waals surface area (Å²) in [5, 5.41) is 0. The first-order valence-electron chi connectivity index (χ1n) is 7.49. The summed E-state index contributed by atoms with van der Waals surface area (Å²) in [4.78, 5) is 23.7. The van der Waals surface area contributed by atoms with E-state index in [0.29, 0.717) is 30.3 Å². The van der Waals surface area contributed by atoms with Gasteiger partial charge in [0.05, 0.1) is 0 Å². The summed E-state index contributed by atoms with van der Waals surface area (Å²) >= 11 is 0. The maximum atomic E-state index is 13.0. The molecule has 1 heterocycles. The minimum Gasteiger partial charge on any atom is -0.486 e. The van der Waals surface area contributed by atoms with Crippen molar-refractivity contribution in [2.45, 2.75) is 0 Å². The molecule has 2 N–H and O–H groups in total. The van der Waals surface area contributed by atoms with Crippen LogP contribution in [0, 0.1) is 5.82 Å². The van der Waals surface area contributed by atoms with Gasteiger partial charge in [0.1, 0.15) is 24.8 Å². The Labute approximate surface area is 142 Å². The van der Waals surface area contributed by atoms with Crippen LogP contribution >= 0.6 is 0 Å². The summed E-state index contributed by atoms with van der Waals surface area (Å²) in [6.07, 6.45) is 0. The molecule has 25 heavy (non-hydrogen) atoms. The average Bonchev–Trinajstić information content (AvgIpc) is 2.64. The van der Waals surface area contributed by atoms with Gasteiger partial charge in [0.2, 0.25) is 0 Å². The van der Waals surface area contributed by atoms with Gasteiger partial charge in [0.15, 0.2) is 18.1 Å². The van der Waals surface area contributed by atoms with E-state index in [1.165, 1.54) is 24.3 Å². The number of ether oxygens (including phenoxy) is 3. The Kier molecular flexibility index (Phi) is 4.98. The van der Waals surface area contributed by atoms with Crippen molar-refractivity contribution in [1.82, 2.24) is 10.9 Å². The number of hydrazine groups is 1. The predicted molar refractivity (Wildman–Crippen MR) is 84.9 cm³/mol. The van der Waals surface area contributed by atoms with Crippen LogP contribution in [-0.2, 0) is 4.79 Å². The molecular formula is C17H15FN2O5. The van der Waals surface area contributed by atoms with E-state index in [0.717, 1.165) is 6.07 Å². The molecule has 3 rings (SSSR count). The van der Waals surface area contributed by atoms with Gasteiger partial charge in [-0.1, -0.05) is 6.07 Å². The second-order valence-electron chi connectivity index (χ2n) is 5.11. The zero-order valence-electron chi connectivity index (χ0n) is 13.1. The molecule has 0 bridgehead atoms. The molecule has 0 unspecified atom stereocenters. The number of hydrogen-bond acceptors (Lipinski definition) is 5. The Bertz CT molecular complexity index is 796. The van der Waals surface area contributed by atoms with Gasteiger partial charge >= 0.3 is 0 Å². The molecule has 1 aliphatic rings. The maximum absolute atomic E-state index is 13.0. The molecule has 0 spiro atoms. The molecule has 1 aliphatic heterocycles. The van der Waals surface area contributed by atoms with Crippen molar-refractivity contribution in [1.29, 1.82) is 0 Å². The highest BCUT2D eigenvalue weighted by Gasteiger charge is 2.15. The molecule has 2 aromatic carbocycles. The van der Waals surface area contributed by atoms with Crippen molar-refractivity contribution in [3.05, 3.63) is 53.8 Å². The van der Waals surface area contributed by atoms with Crippen LogP contribution in [0.15, 0.2) is 42.5 Å². The van der Waals surface area contributed by atoms with Gasteiger partial charge in [0, 0.05) is 11.6 Å². The van der Waals surface area contributed by atoms with Gasteiger partial charge in [-0.05, 0) is 30.3 Å². The molecule has 2 aromatic rings. The quantitative estimate of drug-likeness (QED) is 0.818. The molecule has 0 aromatic heterocycles. The minimum atomic E-state index is -0.588. The molecule has 130 valence electrons. The van der Waals surface area contributed by atoms with E-state index in [1.807, 2.05) is 0 Å². The molecule has 0 saturated heterocycles. The fourth-order valence-corrected chi connectivity index (χ4v) is 2.12. The number of rotatable bonds is 4. The van der Waals surface area contributed by atoms with Crippen LogP contribution < -0.4 is 25.1 Å². The SMILES string of the molecule is O=C(COc1cccc(F)c1)NNC(=O)c1ccc2c(c1)OCCO2. The van der Waals surface area contributed by atoms with Crippen LogP contribution in [0.1, 0.15) is 10.4 Å². The van der Waals surface area contributed by atoms with E-state index in [2.05, 4.69) is 10.9 Å². The predicted octanol–water partition coefficient (Wildman–Crippen LogP) is 1.44. The van der Waals surface area contributed by atoms with Gasteiger partial charge in [-0.15, -0.1) is 0 Å². The molecule has 8 heteroatoms. The van der Waals surface area contributed by atoms with E-state index >= 15 is 0 Å². The molecule has 0 aliphatic carbocycles. The first-order chi connectivity index (χ1) is 12.1. The lowest BCUT2D eigenvalue weighted by molar-refractivity contribution is -0.123. The zero-order valence-corrected chi connectivity index (χ0v) is 13.1. The van der Waals surface area contributed by atoms with Gasteiger partial charge in [-0.2, -0.15) is 0 Å². The van der Waals surface area contributed by atoms with Crippen LogP contribution in [0.4, 0.5) is 4.39 Å². The largest absolute Gasteiger partial charge is 0.486 e. The molecule has 2 amide bonds. The number of fused-ring (bicyclic) bond motifs is 1. The third-order valence-electron chi connectivity index (χ3n) is 3.29. The van der Waals surface area contributed by atoms with Gasteiger partial charge in [-0.25, -0.2) is 4.39 Å². The lowest BCUT2D eigenvalue weighted by Gasteiger charge is -2.18. The summed E-state index contributed by atoms with van der Waals surface area (Å²) in [7, 11) is 0. The molecule has 0 saturated carbocycles. The first kappa shape index (κ1) is 16.6. The summed E-state index contributed by atoms with van der Waals surface area (Å²) < 4.78 is 28.9. The fraction of sp³-hybridized carbons (Fsp3) is 0.176. The van der Waals surface area contributed by atoms with Gasteiger partial charge < -0.3 is 14.2 Å². The number of benzene rings is 2.